The molecular formula is C14H19N3O2. The molecule has 5 nitrogen and oxygen atoms in total. The highest BCUT2D eigenvalue weighted by Gasteiger charge is 2.15. The maximum Gasteiger partial charge on any atom is 0.165 e. The summed E-state index contributed by atoms with van der Waals surface area (Å²) in [7, 11) is 1.63. The van der Waals surface area contributed by atoms with Crippen LogP contribution in [0.25, 0.3) is 0 Å². The lowest BCUT2D eigenvalue weighted by molar-refractivity contribution is 0.397. The Hall–Kier alpha value is -2.01. The molecule has 102 valence electrons. The first-order chi connectivity index (χ1) is 9.15. The van der Waals surface area contributed by atoms with Crippen molar-refractivity contribution >= 4 is 0 Å². The molecular weight excluding hydrogens is 242 g/mol. The minimum Gasteiger partial charge on any atom is -0.496 e. The molecule has 0 fully saturated rings. The second-order valence-electron chi connectivity index (χ2n) is 4.29. The van der Waals surface area contributed by atoms with E-state index in [1.165, 1.54) is 0 Å². The molecule has 1 aromatic carbocycles. The second kappa shape index (κ2) is 5.75. The van der Waals surface area contributed by atoms with Crippen LogP contribution in [0.5, 0.6) is 17.2 Å². The Morgan fingerprint density at radius 2 is 2.11 bits per heavy atom. The number of nitrogens with zero attached hydrogens (tertiary/aromatic N) is 2. The van der Waals surface area contributed by atoms with Gasteiger partial charge in [0.05, 0.1) is 25.1 Å². The quantitative estimate of drug-likeness (QED) is 0.899. The van der Waals surface area contributed by atoms with E-state index in [1.807, 2.05) is 38.2 Å². The molecule has 5 heteroatoms. The van der Waals surface area contributed by atoms with Gasteiger partial charge in [0.25, 0.3) is 0 Å². The van der Waals surface area contributed by atoms with Crippen molar-refractivity contribution in [2.75, 3.05) is 7.11 Å². The second-order valence-corrected chi connectivity index (χ2v) is 4.29. The summed E-state index contributed by atoms with van der Waals surface area (Å²) in [4.78, 5) is 0. The average Bonchev–Trinajstić information content (AvgIpc) is 2.85. The van der Waals surface area contributed by atoms with E-state index in [0.29, 0.717) is 11.5 Å². The molecule has 0 aliphatic heterocycles. The highest BCUT2D eigenvalue weighted by atomic mass is 16.5. The minimum atomic E-state index is -0.174. The normalized spacial score (nSPS) is 12.2. The van der Waals surface area contributed by atoms with Gasteiger partial charge >= 0.3 is 0 Å². The Bertz CT molecular complexity index is 549. The SMILES string of the molecule is CCn1cc(Oc2cccc(OC)c2[C@H](C)N)cn1. The summed E-state index contributed by atoms with van der Waals surface area (Å²) in [5.41, 5.74) is 6.85. The number of hydrogen-bond acceptors (Lipinski definition) is 4. The maximum atomic E-state index is 6.00. The standard InChI is InChI=1S/C14H19N3O2/c1-4-17-9-11(8-16-17)19-13-7-5-6-12(18-3)14(13)10(2)15/h5-10H,4,15H2,1-3H3/t10-/m0/s1. The summed E-state index contributed by atoms with van der Waals surface area (Å²) < 4.78 is 13.0. The van der Waals surface area contributed by atoms with Crippen LogP contribution in [-0.2, 0) is 6.54 Å². The highest BCUT2D eigenvalue weighted by Crippen LogP contribution is 2.35. The zero-order valence-corrected chi connectivity index (χ0v) is 11.5. The summed E-state index contributed by atoms with van der Waals surface area (Å²) in [5, 5.41) is 4.18. The molecule has 0 amide bonds. The van der Waals surface area contributed by atoms with Crippen molar-refractivity contribution < 1.29 is 9.47 Å². The van der Waals surface area contributed by atoms with E-state index in [-0.39, 0.29) is 6.04 Å². The predicted octanol–water partition coefficient (Wildman–Crippen LogP) is 2.72. The lowest BCUT2D eigenvalue weighted by Gasteiger charge is -2.16. The Labute approximate surface area is 112 Å². The van der Waals surface area contributed by atoms with E-state index >= 15 is 0 Å². The third-order valence-electron chi connectivity index (χ3n) is 2.86. The van der Waals surface area contributed by atoms with Crippen molar-refractivity contribution in [3.63, 3.8) is 0 Å². The topological polar surface area (TPSA) is 62.3 Å². The van der Waals surface area contributed by atoms with E-state index in [4.69, 9.17) is 15.2 Å². The van der Waals surface area contributed by atoms with E-state index < -0.39 is 0 Å². The predicted molar refractivity (Wildman–Crippen MR) is 73.6 cm³/mol. The fourth-order valence-corrected chi connectivity index (χ4v) is 1.94. The fourth-order valence-electron chi connectivity index (χ4n) is 1.94. The molecule has 2 rings (SSSR count). The van der Waals surface area contributed by atoms with Gasteiger partial charge in [0, 0.05) is 12.6 Å². The van der Waals surface area contributed by atoms with Gasteiger partial charge in [-0.1, -0.05) is 6.07 Å². The molecule has 1 atom stereocenters. The van der Waals surface area contributed by atoms with Crippen molar-refractivity contribution in [2.45, 2.75) is 26.4 Å². The van der Waals surface area contributed by atoms with Crippen molar-refractivity contribution in [3.8, 4) is 17.2 Å². The van der Waals surface area contributed by atoms with Gasteiger partial charge in [-0.25, -0.2) is 0 Å². The monoisotopic (exact) mass is 261 g/mol. The molecule has 0 bridgehead atoms. The summed E-state index contributed by atoms with van der Waals surface area (Å²) in [6.07, 6.45) is 3.54. The summed E-state index contributed by atoms with van der Waals surface area (Å²) in [6, 6.07) is 5.46. The number of aryl methyl sites for hydroxylation is 1. The number of hydrogen-bond donors (Lipinski definition) is 1. The minimum absolute atomic E-state index is 0.174. The van der Waals surface area contributed by atoms with Gasteiger partial charge in [-0.3, -0.25) is 4.68 Å². The van der Waals surface area contributed by atoms with Crippen LogP contribution in [-0.4, -0.2) is 16.9 Å². The van der Waals surface area contributed by atoms with E-state index in [9.17, 15) is 0 Å². The molecule has 0 saturated heterocycles. The first-order valence-electron chi connectivity index (χ1n) is 6.28. The van der Waals surface area contributed by atoms with Crippen LogP contribution in [0.2, 0.25) is 0 Å². The van der Waals surface area contributed by atoms with Crippen LogP contribution in [0.4, 0.5) is 0 Å². The molecule has 0 aliphatic rings. The number of ether oxygens (including phenoxy) is 2. The molecule has 0 radical (unpaired) electrons. The molecule has 0 spiro atoms. The highest BCUT2D eigenvalue weighted by molar-refractivity contribution is 5.48. The molecule has 0 aliphatic carbocycles. The molecule has 2 aromatic rings. The number of benzene rings is 1. The van der Waals surface area contributed by atoms with Crippen LogP contribution in [0.15, 0.2) is 30.6 Å². The zero-order valence-electron chi connectivity index (χ0n) is 11.5. The molecule has 0 saturated carbocycles. The van der Waals surface area contributed by atoms with Gasteiger partial charge < -0.3 is 15.2 Å². The third-order valence-corrected chi connectivity index (χ3v) is 2.86. The molecule has 1 aromatic heterocycles. The van der Waals surface area contributed by atoms with Crippen molar-refractivity contribution in [2.24, 2.45) is 5.73 Å². The molecule has 0 unspecified atom stereocenters. The van der Waals surface area contributed by atoms with Gasteiger partial charge in [0.15, 0.2) is 5.75 Å². The summed E-state index contributed by atoms with van der Waals surface area (Å²) in [6.45, 7) is 4.73. The number of nitrogens with two attached hydrogens (primary N) is 1. The van der Waals surface area contributed by atoms with Gasteiger partial charge in [0.1, 0.15) is 11.5 Å². The smallest absolute Gasteiger partial charge is 0.165 e. The van der Waals surface area contributed by atoms with E-state index in [1.54, 1.807) is 18.0 Å². The average molecular weight is 261 g/mol. The van der Waals surface area contributed by atoms with Crippen LogP contribution in [0.1, 0.15) is 25.5 Å². The van der Waals surface area contributed by atoms with Gasteiger partial charge in [-0.2, -0.15) is 5.10 Å². The van der Waals surface area contributed by atoms with Crippen LogP contribution in [0.3, 0.4) is 0 Å². The van der Waals surface area contributed by atoms with Gasteiger partial charge in [-0.15, -0.1) is 0 Å². The van der Waals surface area contributed by atoms with Crippen LogP contribution < -0.4 is 15.2 Å². The van der Waals surface area contributed by atoms with E-state index in [0.717, 1.165) is 17.9 Å². The zero-order chi connectivity index (χ0) is 13.8. The Balaban J connectivity index is 2.33. The Morgan fingerprint density at radius 1 is 1.37 bits per heavy atom. The van der Waals surface area contributed by atoms with E-state index in [2.05, 4.69) is 5.10 Å². The summed E-state index contributed by atoms with van der Waals surface area (Å²) in [5.74, 6) is 2.12. The lowest BCUT2D eigenvalue weighted by Crippen LogP contribution is -2.08. The first-order valence-corrected chi connectivity index (χ1v) is 6.28. The first kappa shape index (κ1) is 13.4. The Kier molecular flexibility index (Phi) is 4.06. The van der Waals surface area contributed by atoms with Crippen molar-refractivity contribution in [1.82, 2.24) is 9.78 Å². The number of methoxy groups -OCH3 is 1. The maximum absolute atomic E-state index is 6.00. The van der Waals surface area contributed by atoms with Crippen LogP contribution >= 0.6 is 0 Å². The van der Waals surface area contributed by atoms with Crippen molar-refractivity contribution in [3.05, 3.63) is 36.2 Å². The lowest BCUT2D eigenvalue weighted by atomic mass is 10.1. The van der Waals surface area contributed by atoms with Gasteiger partial charge in [-0.05, 0) is 26.0 Å². The molecule has 2 N–H and O–H groups in total. The van der Waals surface area contributed by atoms with Gasteiger partial charge in [0.2, 0.25) is 0 Å². The number of rotatable bonds is 5. The largest absolute Gasteiger partial charge is 0.496 e. The van der Waals surface area contributed by atoms with Crippen LogP contribution in [0, 0.1) is 0 Å². The number of aromatic nitrogens is 2. The summed E-state index contributed by atoms with van der Waals surface area (Å²) >= 11 is 0. The molecule has 1 heterocycles. The third kappa shape index (κ3) is 2.88. The fraction of sp³-hybridized carbons (Fsp3) is 0.357. The Morgan fingerprint density at radius 3 is 2.68 bits per heavy atom. The van der Waals surface area contributed by atoms with Crippen molar-refractivity contribution in [1.29, 1.82) is 0 Å². The molecule has 19 heavy (non-hydrogen) atoms.